The minimum Gasteiger partial charge on any atom is -0.452 e. The molecule has 8 heteroatoms. The maximum Gasteiger partial charge on any atom is 0.339 e. The van der Waals surface area contributed by atoms with E-state index < -0.39 is 5.97 Å². The second-order valence-corrected chi connectivity index (χ2v) is 10.5. The van der Waals surface area contributed by atoms with Gasteiger partial charge in [-0.3, -0.25) is 9.59 Å². The Morgan fingerprint density at radius 1 is 1.03 bits per heavy atom. The molecule has 4 aliphatic carbocycles. The Bertz CT molecular complexity index is 823. The average molecular weight is 461 g/mol. The summed E-state index contributed by atoms with van der Waals surface area (Å²) in [5, 5.41) is 5.98. The van der Waals surface area contributed by atoms with Crippen molar-refractivity contribution in [3.05, 3.63) is 29.8 Å². The van der Waals surface area contributed by atoms with Crippen LogP contribution >= 0.6 is 11.8 Å². The summed E-state index contributed by atoms with van der Waals surface area (Å²) in [5.41, 5.74) is 0.353. The molecular formula is C24H32N2O5S. The molecular weight excluding hydrogens is 428 g/mol. The van der Waals surface area contributed by atoms with E-state index in [9.17, 15) is 14.4 Å². The molecule has 5 rings (SSSR count). The fraction of sp³-hybridized carbons (Fsp3) is 0.625. The van der Waals surface area contributed by atoms with Gasteiger partial charge in [-0.25, -0.2) is 4.79 Å². The fourth-order valence-corrected chi connectivity index (χ4v) is 6.89. The molecule has 0 atom stereocenters. The number of esters is 1. The topological polar surface area (TPSA) is 93.7 Å². The number of amides is 2. The number of hydrogen-bond acceptors (Lipinski definition) is 6. The molecule has 32 heavy (non-hydrogen) atoms. The molecule has 1 aromatic carbocycles. The number of hydrogen-bond donors (Lipinski definition) is 2. The van der Waals surface area contributed by atoms with E-state index in [1.807, 2.05) is 6.07 Å². The maximum absolute atomic E-state index is 12.8. The van der Waals surface area contributed by atoms with Crippen LogP contribution in [0, 0.1) is 17.8 Å². The minimum absolute atomic E-state index is 0.0129. The molecule has 0 aromatic heterocycles. The van der Waals surface area contributed by atoms with Crippen LogP contribution in [0.2, 0.25) is 0 Å². The Kier molecular flexibility index (Phi) is 7.40. The van der Waals surface area contributed by atoms with Crippen molar-refractivity contribution in [3.8, 4) is 0 Å². The van der Waals surface area contributed by atoms with Gasteiger partial charge in [0.1, 0.15) is 0 Å². The van der Waals surface area contributed by atoms with Gasteiger partial charge >= 0.3 is 5.97 Å². The zero-order valence-corrected chi connectivity index (χ0v) is 19.4. The van der Waals surface area contributed by atoms with Crippen LogP contribution in [-0.2, 0) is 19.1 Å². The van der Waals surface area contributed by atoms with Gasteiger partial charge in [0.05, 0.1) is 17.9 Å². The number of benzene rings is 1. The van der Waals surface area contributed by atoms with Crippen LogP contribution in [-0.4, -0.2) is 55.9 Å². The summed E-state index contributed by atoms with van der Waals surface area (Å²) in [6.07, 6.45) is 7.36. The molecule has 1 aromatic rings. The van der Waals surface area contributed by atoms with Gasteiger partial charge in [0.2, 0.25) is 5.91 Å². The number of carbonyl (C=O) groups is 3. The van der Waals surface area contributed by atoms with Crippen LogP contribution in [0.4, 0.5) is 0 Å². The first-order valence-electron chi connectivity index (χ1n) is 11.4. The van der Waals surface area contributed by atoms with Crippen LogP contribution < -0.4 is 10.6 Å². The second kappa shape index (κ2) is 10.3. The zero-order chi connectivity index (χ0) is 22.6. The molecule has 0 saturated heterocycles. The summed E-state index contributed by atoms with van der Waals surface area (Å²) in [6.45, 7) is 0.400. The fourth-order valence-electron chi connectivity index (χ4n) is 6.05. The van der Waals surface area contributed by atoms with E-state index in [0.29, 0.717) is 23.6 Å². The third kappa shape index (κ3) is 5.64. The zero-order valence-electron chi connectivity index (χ0n) is 18.6. The van der Waals surface area contributed by atoms with Crippen LogP contribution in [0.15, 0.2) is 29.2 Å². The van der Waals surface area contributed by atoms with Gasteiger partial charge in [0.25, 0.3) is 5.91 Å². The molecule has 174 valence electrons. The van der Waals surface area contributed by atoms with Crippen molar-refractivity contribution in [1.29, 1.82) is 0 Å². The molecule has 0 spiro atoms. The monoisotopic (exact) mass is 460 g/mol. The first-order valence-corrected chi connectivity index (χ1v) is 12.4. The van der Waals surface area contributed by atoms with Crippen molar-refractivity contribution in [1.82, 2.24) is 10.6 Å². The van der Waals surface area contributed by atoms with Crippen LogP contribution in [0.5, 0.6) is 0 Å². The van der Waals surface area contributed by atoms with E-state index in [1.165, 1.54) is 31.0 Å². The predicted molar refractivity (Wildman–Crippen MR) is 121 cm³/mol. The standard InChI is InChI=1S/C24H32N2O5S/c1-30-7-6-25-21(27)14-31-23(29)19-4-2-3-5-20(19)32-15-22(28)26-24-11-16-8-17(12-24)10-18(9-16)13-24/h2-5,16-18H,6-15H2,1H3,(H,25,27)(H,26,28). The minimum atomic E-state index is -0.573. The normalized spacial score (nSPS) is 27.7. The van der Waals surface area contributed by atoms with Crippen molar-refractivity contribution in [2.24, 2.45) is 17.8 Å². The van der Waals surface area contributed by atoms with Crippen molar-refractivity contribution < 1.29 is 23.9 Å². The quantitative estimate of drug-likeness (QED) is 0.317. The second-order valence-electron chi connectivity index (χ2n) is 9.45. The smallest absolute Gasteiger partial charge is 0.339 e. The molecule has 0 unspecified atom stereocenters. The molecule has 4 bridgehead atoms. The summed E-state index contributed by atoms with van der Waals surface area (Å²) in [4.78, 5) is 37.7. The van der Waals surface area contributed by atoms with Gasteiger partial charge < -0.3 is 20.1 Å². The Hall–Kier alpha value is -2.06. The van der Waals surface area contributed by atoms with E-state index in [0.717, 1.165) is 37.0 Å². The SMILES string of the molecule is COCCNC(=O)COC(=O)c1ccccc1SCC(=O)NC12CC3CC(CC(C3)C1)C2. The lowest BCUT2D eigenvalue weighted by Crippen LogP contribution is -2.60. The summed E-state index contributed by atoms with van der Waals surface area (Å²) in [6, 6.07) is 7.03. The first kappa shape index (κ1) is 23.1. The van der Waals surface area contributed by atoms with E-state index >= 15 is 0 Å². The average Bonchev–Trinajstić information content (AvgIpc) is 2.75. The van der Waals surface area contributed by atoms with Crippen LogP contribution in [0.25, 0.3) is 0 Å². The summed E-state index contributed by atoms with van der Waals surface area (Å²) in [5.74, 6) is 1.65. The Morgan fingerprint density at radius 2 is 1.69 bits per heavy atom. The Balaban J connectivity index is 1.28. The number of carbonyl (C=O) groups excluding carboxylic acids is 3. The van der Waals surface area contributed by atoms with Crippen LogP contribution in [0.3, 0.4) is 0 Å². The summed E-state index contributed by atoms with van der Waals surface area (Å²) in [7, 11) is 1.55. The van der Waals surface area contributed by atoms with Crippen LogP contribution in [0.1, 0.15) is 48.9 Å². The van der Waals surface area contributed by atoms with Crippen molar-refractivity contribution >= 4 is 29.5 Å². The lowest BCUT2D eigenvalue weighted by Gasteiger charge is -2.56. The molecule has 4 fully saturated rings. The third-order valence-corrected chi connectivity index (χ3v) is 7.94. The molecule has 0 aliphatic heterocycles. The van der Waals surface area contributed by atoms with Gasteiger partial charge in [0, 0.05) is 24.1 Å². The predicted octanol–water partition coefficient (Wildman–Crippen LogP) is 2.78. The van der Waals surface area contributed by atoms with Crippen molar-refractivity contribution in [2.75, 3.05) is 32.6 Å². The van der Waals surface area contributed by atoms with Gasteiger partial charge in [-0.1, -0.05) is 12.1 Å². The first-order chi connectivity index (χ1) is 15.5. The molecule has 2 amide bonds. The molecule has 0 radical (unpaired) electrons. The molecule has 4 saturated carbocycles. The van der Waals surface area contributed by atoms with Gasteiger partial charge in [0.15, 0.2) is 6.61 Å². The highest BCUT2D eigenvalue weighted by molar-refractivity contribution is 8.00. The maximum atomic E-state index is 12.8. The largest absolute Gasteiger partial charge is 0.452 e. The van der Waals surface area contributed by atoms with Crippen molar-refractivity contribution in [2.45, 2.75) is 49.0 Å². The Labute approximate surface area is 193 Å². The van der Waals surface area contributed by atoms with E-state index in [2.05, 4.69) is 10.6 Å². The highest BCUT2D eigenvalue weighted by atomic mass is 32.2. The lowest BCUT2D eigenvalue weighted by molar-refractivity contribution is -0.125. The summed E-state index contributed by atoms with van der Waals surface area (Å²) < 4.78 is 10.0. The number of methoxy groups -OCH3 is 1. The summed E-state index contributed by atoms with van der Waals surface area (Å²) >= 11 is 1.33. The number of rotatable bonds is 10. The molecule has 2 N–H and O–H groups in total. The van der Waals surface area contributed by atoms with Gasteiger partial charge in [-0.2, -0.15) is 0 Å². The highest BCUT2D eigenvalue weighted by Gasteiger charge is 2.51. The van der Waals surface area contributed by atoms with Crippen molar-refractivity contribution in [3.63, 3.8) is 0 Å². The van der Waals surface area contributed by atoms with E-state index in [1.54, 1.807) is 25.3 Å². The highest BCUT2D eigenvalue weighted by Crippen LogP contribution is 2.55. The third-order valence-electron chi connectivity index (χ3n) is 6.87. The molecule has 7 nitrogen and oxygen atoms in total. The number of thioether (sulfide) groups is 1. The number of nitrogens with one attached hydrogen (secondary N) is 2. The number of ether oxygens (including phenoxy) is 2. The van der Waals surface area contributed by atoms with E-state index in [4.69, 9.17) is 9.47 Å². The van der Waals surface area contributed by atoms with Gasteiger partial charge in [-0.15, -0.1) is 11.8 Å². The Morgan fingerprint density at radius 3 is 2.34 bits per heavy atom. The van der Waals surface area contributed by atoms with Gasteiger partial charge in [-0.05, 0) is 68.4 Å². The molecule has 0 heterocycles. The van der Waals surface area contributed by atoms with E-state index in [-0.39, 0.29) is 29.7 Å². The molecule has 4 aliphatic rings. The lowest BCUT2D eigenvalue weighted by atomic mass is 9.53.